The topological polar surface area (TPSA) is 64.6 Å². The van der Waals surface area contributed by atoms with Gasteiger partial charge in [0.25, 0.3) is 5.91 Å². The van der Waals surface area contributed by atoms with Crippen molar-refractivity contribution in [1.82, 2.24) is 0 Å². The Kier molecular flexibility index (Phi) is 6.44. The van der Waals surface area contributed by atoms with Gasteiger partial charge in [0, 0.05) is 0 Å². The van der Waals surface area contributed by atoms with Gasteiger partial charge in [-0.3, -0.25) is 9.59 Å². The van der Waals surface area contributed by atoms with Gasteiger partial charge >= 0.3 is 12.1 Å². The van der Waals surface area contributed by atoms with Crippen LogP contribution in [0.2, 0.25) is 0 Å². The third-order valence-electron chi connectivity index (χ3n) is 3.65. The highest BCUT2D eigenvalue weighted by Crippen LogP contribution is 2.29. The van der Waals surface area contributed by atoms with Gasteiger partial charge in [-0.25, -0.2) is 0 Å². The van der Waals surface area contributed by atoms with E-state index in [1.807, 2.05) is 0 Å². The summed E-state index contributed by atoms with van der Waals surface area (Å²) in [5.41, 5.74) is -0.298. The number of halogens is 3. The quantitative estimate of drug-likeness (QED) is 0.773. The smallest absolute Gasteiger partial charge is 0.416 e. The molecule has 2 aromatic carbocycles. The van der Waals surface area contributed by atoms with Gasteiger partial charge in [-0.05, 0) is 30.7 Å². The van der Waals surface area contributed by atoms with E-state index in [-0.39, 0.29) is 12.0 Å². The monoisotopic (exact) mass is 381 g/mol. The summed E-state index contributed by atoms with van der Waals surface area (Å²) >= 11 is 0. The van der Waals surface area contributed by atoms with Crippen LogP contribution in [0.4, 0.5) is 18.9 Å². The summed E-state index contributed by atoms with van der Waals surface area (Å²) in [6.45, 7) is 1.37. The third kappa shape index (κ3) is 5.73. The molecule has 8 heteroatoms. The normalized spacial score (nSPS) is 12.2. The van der Waals surface area contributed by atoms with Crippen LogP contribution < -0.4 is 10.1 Å². The third-order valence-corrected chi connectivity index (χ3v) is 3.65. The molecule has 0 heterocycles. The zero-order valence-corrected chi connectivity index (χ0v) is 14.7. The van der Waals surface area contributed by atoms with Gasteiger partial charge in [0.15, 0.2) is 6.10 Å². The minimum Gasteiger partial charge on any atom is -0.495 e. The lowest BCUT2D eigenvalue weighted by Crippen LogP contribution is -2.30. The fraction of sp³-hybridized carbons (Fsp3) is 0.263. The number of hydrogen-bond acceptors (Lipinski definition) is 4. The number of benzene rings is 2. The van der Waals surface area contributed by atoms with Gasteiger partial charge in [0.05, 0.1) is 24.8 Å². The molecule has 1 unspecified atom stereocenters. The molecule has 0 aromatic heterocycles. The summed E-state index contributed by atoms with van der Waals surface area (Å²) in [5, 5.41) is 2.57. The van der Waals surface area contributed by atoms with Crippen molar-refractivity contribution in [3.8, 4) is 5.75 Å². The molecule has 0 saturated carbocycles. The van der Waals surface area contributed by atoms with Gasteiger partial charge < -0.3 is 14.8 Å². The van der Waals surface area contributed by atoms with E-state index < -0.39 is 29.7 Å². The highest BCUT2D eigenvalue weighted by molar-refractivity contribution is 5.96. The maximum absolute atomic E-state index is 12.7. The summed E-state index contributed by atoms with van der Waals surface area (Å²) in [7, 11) is 1.45. The van der Waals surface area contributed by atoms with Crippen molar-refractivity contribution in [1.29, 1.82) is 0 Å². The number of amides is 1. The zero-order chi connectivity index (χ0) is 20.0. The maximum Gasteiger partial charge on any atom is 0.416 e. The number of methoxy groups -OCH3 is 1. The van der Waals surface area contributed by atoms with Crippen LogP contribution in [-0.4, -0.2) is 25.1 Å². The molecule has 1 amide bonds. The Morgan fingerprint density at radius 1 is 1.11 bits per heavy atom. The lowest BCUT2D eigenvalue weighted by Gasteiger charge is -2.15. The number of carbonyl (C=O) groups excluding carboxylic acids is 2. The predicted octanol–water partition coefficient (Wildman–Crippen LogP) is 3.83. The second-order valence-corrected chi connectivity index (χ2v) is 5.70. The number of hydrogen-bond donors (Lipinski definition) is 1. The van der Waals surface area contributed by atoms with Gasteiger partial charge in [0.1, 0.15) is 5.75 Å². The molecular weight excluding hydrogens is 363 g/mol. The van der Waals surface area contributed by atoms with Crippen molar-refractivity contribution in [2.24, 2.45) is 0 Å². The maximum atomic E-state index is 12.7. The Labute approximate surface area is 154 Å². The first kappa shape index (κ1) is 20.3. The van der Waals surface area contributed by atoms with Crippen LogP contribution in [0.25, 0.3) is 0 Å². The van der Waals surface area contributed by atoms with E-state index in [0.29, 0.717) is 11.4 Å². The average molecular weight is 381 g/mol. The molecule has 2 rings (SSSR count). The van der Waals surface area contributed by atoms with Crippen LogP contribution in [0, 0.1) is 0 Å². The molecule has 0 spiro atoms. The lowest BCUT2D eigenvalue weighted by atomic mass is 10.1. The Hall–Kier alpha value is -3.03. The first-order valence-corrected chi connectivity index (χ1v) is 8.00. The summed E-state index contributed by atoms with van der Waals surface area (Å²) in [5.74, 6) is -0.956. The van der Waals surface area contributed by atoms with Gasteiger partial charge in [-0.1, -0.05) is 30.3 Å². The van der Waals surface area contributed by atoms with Crippen molar-refractivity contribution >= 4 is 17.6 Å². The van der Waals surface area contributed by atoms with Gasteiger partial charge in [-0.2, -0.15) is 13.2 Å². The number of anilines is 1. The second-order valence-electron chi connectivity index (χ2n) is 5.70. The molecule has 1 N–H and O–H groups in total. The summed E-state index contributed by atoms with van der Waals surface area (Å²) in [4.78, 5) is 24.1. The van der Waals surface area contributed by atoms with E-state index in [1.165, 1.54) is 26.2 Å². The van der Waals surface area contributed by atoms with Crippen LogP contribution in [0.15, 0.2) is 48.5 Å². The van der Waals surface area contributed by atoms with Crippen molar-refractivity contribution in [3.63, 3.8) is 0 Å². The molecule has 27 heavy (non-hydrogen) atoms. The molecule has 0 bridgehead atoms. The summed E-state index contributed by atoms with van der Waals surface area (Å²) < 4.78 is 48.3. The summed E-state index contributed by atoms with van der Waals surface area (Å²) in [6.07, 6.45) is -6.01. The molecule has 1 atom stereocenters. The first-order chi connectivity index (χ1) is 12.7. The van der Waals surface area contributed by atoms with E-state index in [2.05, 4.69) is 5.32 Å². The first-order valence-electron chi connectivity index (χ1n) is 8.00. The standard InChI is InChI=1S/C19H18F3NO4/c1-12(18(25)23-15-8-3-4-9-16(15)26-2)27-17(24)11-13-6-5-7-14(10-13)19(20,21)22/h3-10,12H,11H2,1-2H3,(H,23,25). The van der Waals surface area contributed by atoms with E-state index >= 15 is 0 Å². The van der Waals surface area contributed by atoms with Crippen molar-refractivity contribution in [2.75, 3.05) is 12.4 Å². The number of rotatable bonds is 6. The second kappa shape index (κ2) is 8.57. The number of carbonyl (C=O) groups is 2. The Morgan fingerprint density at radius 3 is 2.48 bits per heavy atom. The zero-order valence-electron chi connectivity index (χ0n) is 14.7. The van der Waals surface area contributed by atoms with E-state index in [9.17, 15) is 22.8 Å². The number of esters is 1. The minimum atomic E-state index is -4.50. The van der Waals surface area contributed by atoms with E-state index in [1.54, 1.807) is 24.3 Å². The molecular formula is C19H18F3NO4. The molecule has 0 fully saturated rings. The lowest BCUT2D eigenvalue weighted by molar-refractivity contribution is -0.152. The number of ether oxygens (including phenoxy) is 2. The van der Waals surface area contributed by atoms with Crippen molar-refractivity contribution in [2.45, 2.75) is 25.6 Å². The Balaban J connectivity index is 1.96. The molecule has 0 aliphatic heterocycles. The molecule has 2 aromatic rings. The molecule has 0 saturated heterocycles. The number of alkyl halides is 3. The van der Waals surface area contributed by atoms with Crippen molar-refractivity contribution < 1.29 is 32.2 Å². The molecule has 0 radical (unpaired) electrons. The van der Waals surface area contributed by atoms with Gasteiger partial charge in [-0.15, -0.1) is 0 Å². The van der Waals surface area contributed by atoms with Crippen LogP contribution in [0.5, 0.6) is 5.75 Å². The van der Waals surface area contributed by atoms with E-state index in [0.717, 1.165) is 12.1 Å². The largest absolute Gasteiger partial charge is 0.495 e. The molecule has 0 aliphatic carbocycles. The van der Waals surface area contributed by atoms with Crippen LogP contribution in [-0.2, 0) is 26.9 Å². The minimum absolute atomic E-state index is 0.146. The Bertz CT molecular complexity index is 821. The molecule has 0 aliphatic rings. The highest BCUT2D eigenvalue weighted by Gasteiger charge is 2.30. The predicted molar refractivity (Wildman–Crippen MR) is 92.3 cm³/mol. The van der Waals surface area contributed by atoms with Gasteiger partial charge in [0.2, 0.25) is 0 Å². The van der Waals surface area contributed by atoms with Crippen LogP contribution >= 0.6 is 0 Å². The Morgan fingerprint density at radius 2 is 1.81 bits per heavy atom. The van der Waals surface area contributed by atoms with Crippen molar-refractivity contribution in [3.05, 3.63) is 59.7 Å². The highest BCUT2D eigenvalue weighted by atomic mass is 19.4. The molecule has 5 nitrogen and oxygen atoms in total. The van der Waals surface area contributed by atoms with Crippen LogP contribution in [0.3, 0.4) is 0 Å². The SMILES string of the molecule is COc1ccccc1NC(=O)C(C)OC(=O)Cc1cccc(C(F)(F)F)c1. The average Bonchev–Trinajstić information content (AvgIpc) is 2.61. The molecule has 144 valence electrons. The fourth-order valence-electron chi connectivity index (χ4n) is 2.30. The number of para-hydroxylation sites is 2. The summed E-state index contributed by atoms with van der Waals surface area (Å²) in [6, 6.07) is 11.1. The van der Waals surface area contributed by atoms with E-state index in [4.69, 9.17) is 9.47 Å². The fourth-order valence-corrected chi connectivity index (χ4v) is 2.30. The number of nitrogens with one attached hydrogen (secondary N) is 1. The van der Waals surface area contributed by atoms with Crippen LogP contribution in [0.1, 0.15) is 18.1 Å².